The van der Waals surface area contributed by atoms with E-state index in [1.807, 2.05) is 0 Å². The fraction of sp³-hybridized carbons (Fsp3) is 0.500. The number of nitrogens with one attached hydrogen (secondary N) is 1. The molecule has 0 fully saturated rings. The second-order valence-electron chi connectivity index (χ2n) is 1.85. The maximum Gasteiger partial charge on any atom is 0.0919 e. The van der Waals surface area contributed by atoms with Crippen molar-refractivity contribution in [3.63, 3.8) is 0 Å². The minimum Gasteiger partial charge on any atom is -0.394 e. The summed E-state index contributed by atoms with van der Waals surface area (Å²) in [6.07, 6.45) is 4.92. The van der Waals surface area contributed by atoms with E-state index in [1.54, 1.807) is 32.6 Å². The van der Waals surface area contributed by atoms with Crippen molar-refractivity contribution in [1.82, 2.24) is 9.97 Å². The Kier molecular flexibility index (Phi) is 4.82. The van der Waals surface area contributed by atoms with Crippen LogP contribution in [0.25, 0.3) is 0 Å². The van der Waals surface area contributed by atoms with Crippen molar-refractivity contribution >= 4 is 0 Å². The van der Waals surface area contributed by atoms with Gasteiger partial charge in [-0.05, 0) is 13.8 Å². The smallest absolute Gasteiger partial charge is 0.0919 e. The number of hydrogen-bond acceptors (Lipinski definition) is 2. The van der Waals surface area contributed by atoms with Crippen LogP contribution in [0.3, 0.4) is 0 Å². The molecule has 0 aromatic carbocycles. The summed E-state index contributed by atoms with van der Waals surface area (Å²) in [6, 6.07) is 0. The summed E-state index contributed by atoms with van der Waals surface area (Å²) >= 11 is 0. The van der Waals surface area contributed by atoms with Gasteiger partial charge in [0.15, 0.2) is 0 Å². The first-order chi connectivity index (χ1) is 4.23. The third kappa shape index (κ3) is 11.0. The van der Waals surface area contributed by atoms with Crippen molar-refractivity contribution in [3.05, 3.63) is 18.7 Å². The Balaban J connectivity index is 0.000000148. The van der Waals surface area contributed by atoms with Crippen LogP contribution in [-0.2, 0) is 0 Å². The third-order valence-corrected chi connectivity index (χ3v) is 0.406. The molecule has 0 amide bonds. The van der Waals surface area contributed by atoms with Gasteiger partial charge in [-0.2, -0.15) is 0 Å². The van der Waals surface area contributed by atoms with Crippen LogP contribution in [0.15, 0.2) is 18.7 Å². The Hall–Kier alpha value is -0.830. The van der Waals surface area contributed by atoms with Gasteiger partial charge in [0.05, 0.1) is 6.33 Å². The molecule has 3 nitrogen and oxygen atoms in total. The van der Waals surface area contributed by atoms with Gasteiger partial charge < -0.3 is 10.1 Å². The predicted molar refractivity (Wildman–Crippen MR) is 35.9 cm³/mol. The van der Waals surface area contributed by atoms with Crippen molar-refractivity contribution in [2.24, 2.45) is 0 Å². The van der Waals surface area contributed by atoms with Gasteiger partial charge in [-0.1, -0.05) is 0 Å². The van der Waals surface area contributed by atoms with E-state index in [1.165, 1.54) is 0 Å². The van der Waals surface area contributed by atoms with E-state index in [0.29, 0.717) is 0 Å². The van der Waals surface area contributed by atoms with Gasteiger partial charge in [-0.25, -0.2) is 4.98 Å². The monoisotopic (exact) mass is 128 g/mol. The summed E-state index contributed by atoms with van der Waals surface area (Å²) in [5, 5.41) is 8.06. The van der Waals surface area contributed by atoms with Crippen molar-refractivity contribution in [1.29, 1.82) is 0 Å². The standard InChI is InChI=1S/C3H4N2.C3H8O/c1-2-5-3-4-1;1-3(2)4/h1-3H,(H,4,5);3-4H,1-2H3. The summed E-state index contributed by atoms with van der Waals surface area (Å²) < 4.78 is 0. The number of aromatic nitrogens is 2. The van der Waals surface area contributed by atoms with Gasteiger partial charge in [-0.3, -0.25) is 0 Å². The number of aromatic amines is 1. The lowest BCUT2D eigenvalue weighted by atomic mass is 10.5. The van der Waals surface area contributed by atoms with E-state index in [2.05, 4.69) is 9.97 Å². The van der Waals surface area contributed by atoms with Gasteiger partial charge >= 0.3 is 0 Å². The molecule has 0 atom stereocenters. The van der Waals surface area contributed by atoms with E-state index >= 15 is 0 Å². The maximum absolute atomic E-state index is 8.06. The number of nitrogens with zero attached hydrogens (tertiary/aromatic N) is 1. The van der Waals surface area contributed by atoms with Gasteiger partial charge in [-0.15, -0.1) is 0 Å². The first-order valence-corrected chi connectivity index (χ1v) is 2.84. The maximum atomic E-state index is 8.06. The molecule has 52 valence electrons. The molecule has 9 heavy (non-hydrogen) atoms. The largest absolute Gasteiger partial charge is 0.394 e. The number of aliphatic hydroxyl groups excluding tert-OH is 1. The van der Waals surface area contributed by atoms with E-state index in [0.717, 1.165) is 0 Å². The molecule has 0 saturated heterocycles. The van der Waals surface area contributed by atoms with Gasteiger partial charge in [0.1, 0.15) is 0 Å². The fourth-order valence-corrected chi connectivity index (χ4v) is 0.215. The lowest BCUT2D eigenvalue weighted by Gasteiger charge is -1.80. The summed E-state index contributed by atoms with van der Waals surface area (Å²) in [6.45, 7) is 3.44. The summed E-state index contributed by atoms with van der Waals surface area (Å²) in [7, 11) is 0. The summed E-state index contributed by atoms with van der Waals surface area (Å²) in [5.74, 6) is 0. The molecule has 0 spiro atoms. The first-order valence-electron chi connectivity index (χ1n) is 2.84. The topological polar surface area (TPSA) is 48.9 Å². The van der Waals surface area contributed by atoms with Crippen molar-refractivity contribution in [2.75, 3.05) is 0 Å². The molecule has 1 aromatic heterocycles. The molecule has 0 saturated carbocycles. The van der Waals surface area contributed by atoms with Crippen LogP contribution in [0.5, 0.6) is 0 Å². The van der Waals surface area contributed by atoms with Crippen LogP contribution >= 0.6 is 0 Å². The number of rotatable bonds is 0. The van der Waals surface area contributed by atoms with Crippen LogP contribution in [0.4, 0.5) is 0 Å². The average molecular weight is 128 g/mol. The zero-order valence-corrected chi connectivity index (χ0v) is 5.70. The summed E-state index contributed by atoms with van der Waals surface area (Å²) in [4.78, 5) is 6.42. The molecular formula is C6H12N2O. The second-order valence-corrected chi connectivity index (χ2v) is 1.85. The van der Waals surface area contributed by atoms with Gasteiger partial charge in [0.2, 0.25) is 0 Å². The molecule has 1 aromatic rings. The minimum absolute atomic E-state index is 0.167. The molecule has 0 unspecified atom stereocenters. The molecule has 0 aliphatic rings. The number of H-pyrrole nitrogens is 1. The SMILES string of the molecule is CC(C)O.c1c[nH]cn1. The molecular weight excluding hydrogens is 116 g/mol. The molecule has 0 bridgehead atoms. The van der Waals surface area contributed by atoms with Crippen LogP contribution in [0.2, 0.25) is 0 Å². The highest BCUT2D eigenvalue weighted by atomic mass is 16.3. The molecule has 3 heteroatoms. The lowest BCUT2D eigenvalue weighted by molar-refractivity contribution is 0.216. The molecule has 0 aliphatic heterocycles. The van der Waals surface area contributed by atoms with E-state index in [4.69, 9.17) is 5.11 Å². The Morgan fingerprint density at radius 1 is 1.56 bits per heavy atom. The minimum atomic E-state index is -0.167. The first kappa shape index (κ1) is 8.17. The molecule has 1 rings (SSSR count). The molecule has 2 N–H and O–H groups in total. The highest BCUT2D eigenvalue weighted by Gasteiger charge is 1.69. The van der Waals surface area contributed by atoms with Crippen LogP contribution in [0.1, 0.15) is 13.8 Å². The Morgan fingerprint density at radius 3 is 2.22 bits per heavy atom. The van der Waals surface area contributed by atoms with Crippen LogP contribution in [-0.4, -0.2) is 21.2 Å². The Labute approximate surface area is 54.8 Å². The number of imidazole rings is 1. The zero-order valence-electron chi connectivity index (χ0n) is 5.70. The van der Waals surface area contributed by atoms with E-state index < -0.39 is 0 Å². The molecule has 1 heterocycles. The highest BCUT2D eigenvalue weighted by molar-refractivity contribution is 4.64. The number of aliphatic hydroxyl groups is 1. The lowest BCUT2D eigenvalue weighted by Crippen LogP contribution is -1.85. The summed E-state index contributed by atoms with van der Waals surface area (Å²) in [5.41, 5.74) is 0. The quantitative estimate of drug-likeness (QED) is 0.543. The van der Waals surface area contributed by atoms with Crippen molar-refractivity contribution in [2.45, 2.75) is 20.0 Å². The van der Waals surface area contributed by atoms with Crippen molar-refractivity contribution in [3.8, 4) is 0 Å². The molecule has 0 aliphatic carbocycles. The zero-order chi connectivity index (χ0) is 7.11. The van der Waals surface area contributed by atoms with E-state index in [-0.39, 0.29) is 6.10 Å². The number of hydrogen-bond donors (Lipinski definition) is 2. The van der Waals surface area contributed by atoms with Crippen LogP contribution < -0.4 is 0 Å². The highest BCUT2D eigenvalue weighted by Crippen LogP contribution is 1.65. The van der Waals surface area contributed by atoms with Gasteiger partial charge in [0.25, 0.3) is 0 Å². The predicted octanol–water partition coefficient (Wildman–Crippen LogP) is 0.797. The average Bonchev–Trinajstić information content (AvgIpc) is 2.11. The van der Waals surface area contributed by atoms with Crippen LogP contribution in [0, 0.1) is 0 Å². The Bertz CT molecular complexity index is 94.6. The normalized spacial score (nSPS) is 8.44. The van der Waals surface area contributed by atoms with Crippen molar-refractivity contribution < 1.29 is 5.11 Å². The Morgan fingerprint density at radius 2 is 2.11 bits per heavy atom. The second kappa shape index (κ2) is 5.31. The van der Waals surface area contributed by atoms with Gasteiger partial charge in [0, 0.05) is 18.5 Å². The fourth-order valence-electron chi connectivity index (χ4n) is 0.215. The molecule has 0 radical (unpaired) electrons. The third-order valence-electron chi connectivity index (χ3n) is 0.406. The van der Waals surface area contributed by atoms with E-state index in [9.17, 15) is 0 Å².